The Hall–Kier alpha value is -2.95. The Kier molecular flexibility index (Phi) is 3.19. The Balaban J connectivity index is 1.75. The maximum Gasteiger partial charge on any atom is 0.163 e. The zero-order chi connectivity index (χ0) is 15.8. The van der Waals surface area contributed by atoms with Crippen molar-refractivity contribution in [3.63, 3.8) is 0 Å². The summed E-state index contributed by atoms with van der Waals surface area (Å²) >= 11 is 0. The molecule has 0 saturated heterocycles. The van der Waals surface area contributed by atoms with E-state index in [4.69, 9.17) is 0 Å². The molecule has 0 amide bonds. The molecule has 1 atom stereocenters. The predicted octanol–water partition coefficient (Wildman–Crippen LogP) is 3.69. The van der Waals surface area contributed by atoms with Crippen molar-refractivity contribution in [2.24, 2.45) is 7.05 Å². The predicted molar refractivity (Wildman–Crippen MR) is 92.3 cm³/mol. The number of hydrogen-bond donors (Lipinski definition) is 1. The smallest absolute Gasteiger partial charge is 0.163 e. The summed E-state index contributed by atoms with van der Waals surface area (Å²) < 4.78 is 1.75. The molecule has 2 aromatic heterocycles. The van der Waals surface area contributed by atoms with E-state index in [0.717, 1.165) is 16.9 Å². The molecule has 5 nitrogen and oxygen atoms in total. The molecule has 0 bridgehead atoms. The van der Waals surface area contributed by atoms with E-state index in [0.29, 0.717) is 0 Å². The number of aromatic nitrogens is 4. The van der Waals surface area contributed by atoms with Crippen molar-refractivity contribution in [2.75, 3.05) is 5.32 Å². The lowest BCUT2D eigenvalue weighted by atomic mass is 10.00. The number of benzene rings is 2. The molecule has 0 unspecified atom stereocenters. The van der Waals surface area contributed by atoms with Crippen LogP contribution in [0, 0.1) is 0 Å². The normalized spacial score (nSPS) is 12.6. The van der Waals surface area contributed by atoms with Crippen LogP contribution >= 0.6 is 0 Å². The van der Waals surface area contributed by atoms with Crippen LogP contribution < -0.4 is 5.32 Å². The molecule has 4 rings (SSSR count). The van der Waals surface area contributed by atoms with Crippen LogP contribution in [0.3, 0.4) is 0 Å². The topological polar surface area (TPSA) is 55.6 Å². The molecule has 23 heavy (non-hydrogen) atoms. The number of hydrogen-bond acceptors (Lipinski definition) is 4. The van der Waals surface area contributed by atoms with Gasteiger partial charge in [0.05, 0.1) is 17.6 Å². The van der Waals surface area contributed by atoms with Crippen LogP contribution in [0.1, 0.15) is 18.5 Å². The van der Waals surface area contributed by atoms with Crippen LogP contribution in [0.4, 0.5) is 5.82 Å². The van der Waals surface area contributed by atoms with Crippen molar-refractivity contribution in [1.82, 2.24) is 19.7 Å². The lowest BCUT2D eigenvalue weighted by Gasteiger charge is -2.17. The van der Waals surface area contributed by atoms with E-state index in [1.165, 1.54) is 16.3 Å². The van der Waals surface area contributed by atoms with Crippen molar-refractivity contribution in [2.45, 2.75) is 13.0 Å². The molecule has 114 valence electrons. The number of anilines is 1. The molecule has 4 aromatic rings. The summed E-state index contributed by atoms with van der Waals surface area (Å²) in [4.78, 5) is 8.67. The molecular formula is C18H17N5. The highest BCUT2D eigenvalue weighted by molar-refractivity contribution is 5.88. The third-order valence-electron chi connectivity index (χ3n) is 4.17. The molecule has 0 spiro atoms. The van der Waals surface area contributed by atoms with Gasteiger partial charge in [-0.25, -0.2) is 9.97 Å². The first-order valence-electron chi connectivity index (χ1n) is 7.61. The highest BCUT2D eigenvalue weighted by Gasteiger charge is 2.13. The summed E-state index contributed by atoms with van der Waals surface area (Å²) in [5, 5.41) is 11.2. The average molecular weight is 303 g/mol. The molecular weight excluding hydrogens is 286 g/mol. The summed E-state index contributed by atoms with van der Waals surface area (Å²) in [7, 11) is 1.88. The van der Waals surface area contributed by atoms with Crippen LogP contribution in [0.25, 0.3) is 21.8 Å². The van der Waals surface area contributed by atoms with E-state index in [2.05, 4.69) is 69.8 Å². The van der Waals surface area contributed by atoms with Gasteiger partial charge in [0, 0.05) is 7.05 Å². The number of rotatable bonds is 3. The molecule has 1 N–H and O–H groups in total. The Morgan fingerprint density at radius 1 is 1.00 bits per heavy atom. The van der Waals surface area contributed by atoms with Gasteiger partial charge in [-0.15, -0.1) is 0 Å². The highest BCUT2D eigenvalue weighted by Crippen LogP contribution is 2.28. The average Bonchev–Trinajstić information content (AvgIpc) is 2.97. The first kappa shape index (κ1) is 13.7. The van der Waals surface area contributed by atoms with Gasteiger partial charge in [-0.05, 0) is 23.3 Å². The second-order valence-electron chi connectivity index (χ2n) is 5.66. The minimum Gasteiger partial charge on any atom is -0.363 e. The van der Waals surface area contributed by atoms with E-state index in [-0.39, 0.29) is 6.04 Å². The minimum absolute atomic E-state index is 0.124. The van der Waals surface area contributed by atoms with Gasteiger partial charge in [-0.3, -0.25) is 4.68 Å². The van der Waals surface area contributed by atoms with Gasteiger partial charge >= 0.3 is 0 Å². The van der Waals surface area contributed by atoms with Crippen LogP contribution in [0.15, 0.2) is 55.0 Å². The molecule has 0 radical (unpaired) electrons. The van der Waals surface area contributed by atoms with Gasteiger partial charge in [0.1, 0.15) is 12.1 Å². The van der Waals surface area contributed by atoms with Gasteiger partial charge in [-0.1, -0.05) is 42.5 Å². The molecule has 0 aliphatic rings. The Bertz CT molecular complexity index is 984. The van der Waals surface area contributed by atoms with Gasteiger partial charge in [-0.2, -0.15) is 5.10 Å². The van der Waals surface area contributed by atoms with E-state index in [1.807, 2.05) is 7.05 Å². The minimum atomic E-state index is 0.124. The first-order chi connectivity index (χ1) is 11.2. The van der Waals surface area contributed by atoms with Crippen LogP contribution in [0.2, 0.25) is 0 Å². The monoisotopic (exact) mass is 303 g/mol. The fraction of sp³-hybridized carbons (Fsp3) is 0.167. The van der Waals surface area contributed by atoms with E-state index in [1.54, 1.807) is 17.2 Å². The number of nitrogens with one attached hydrogen (secondary N) is 1. The highest BCUT2D eigenvalue weighted by atomic mass is 15.3. The van der Waals surface area contributed by atoms with Crippen molar-refractivity contribution in [1.29, 1.82) is 0 Å². The summed E-state index contributed by atoms with van der Waals surface area (Å²) in [5.41, 5.74) is 2.08. The van der Waals surface area contributed by atoms with Gasteiger partial charge in [0.15, 0.2) is 5.65 Å². The third-order valence-corrected chi connectivity index (χ3v) is 4.17. The standard InChI is InChI=1S/C18H17N5/c1-12(14-9-5-7-13-6-3-4-8-15(13)14)22-17-16-10-21-23(2)18(16)20-11-19-17/h3-12H,1-2H3,(H,19,20,22)/t12-/m0/s1. The van der Waals surface area contributed by atoms with E-state index < -0.39 is 0 Å². The third kappa shape index (κ3) is 2.30. The summed E-state index contributed by atoms with van der Waals surface area (Å²) in [6, 6.07) is 14.9. The summed E-state index contributed by atoms with van der Waals surface area (Å²) in [5.74, 6) is 0.809. The lowest BCUT2D eigenvalue weighted by Crippen LogP contribution is -2.09. The van der Waals surface area contributed by atoms with Gasteiger partial charge < -0.3 is 5.32 Å². The van der Waals surface area contributed by atoms with Gasteiger partial charge in [0.2, 0.25) is 0 Å². The lowest BCUT2D eigenvalue weighted by molar-refractivity contribution is 0.785. The largest absolute Gasteiger partial charge is 0.363 e. The van der Waals surface area contributed by atoms with Gasteiger partial charge in [0.25, 0.3) is 0 Å². The molecule has 0 fully saturated rings. The quantitative estimate of drug-likeness (QED) is 0.627. The van der Waals surface area contributed by atoms with Crippen molar-refractivity contribution in [3.8, 4) is 0 Å². The Morgan fingerprint density at radius 2 is 1.83 bits per heavy atom. The first-order valence-corrected chi connectivity index (χ1v) is 7.61. The number of fused-ring (bicyclic) bond motifs is 2. The van der Waals surface area contributed by atoms with Crippen molar-refractivity contribution >= 4 is 27.6 Å². The van der Waals surface area contributed by atoms with Crippen molar-refractivity contribution < 1.29 is 0 Å². The second-order valence-corrected chi connectivity index (χ2v) is 5.66. The zero-order valence-corrected chi connectivity index (χ0v) is 13.1. The molecule has 0 aliphatic carbocycles. The Labute approximate surface area is 134 Å². The van der Waals surface area contributed by atoms with E-state index in [9.17, 15) is 0 Å². The Morgan fingerprint density at radius 3 is 2.74 bits per heavy atom. The van der Waals surface area contributed by atoms with Crippen molar-refractivity contribution in [3.05, 3.63) is 60.6 Å². The van der Waals surface area contributed by atoms with E-state index >= 15 is 0 Å². The maximum atomic E-state index is 4.39. The summed E-state index contributed by atoms with van der Waals surface area (Å²) in [6.07, 6.45) is 3.37. The fourth-order valence-electron chi connectivity index (χ4n) is 2.99. The zero-order valence-electron chi connectivity index (χ0n) is 13.1. The number of nitrogens with zero attached hydrogens (tertiary/aromatic N) is 4. The summed E-state index contributed by atoms with van der Waals surface area (Å²) in [6.45, 7) is 2.14. The molecule has 2 aromatic carbocycles. The SMILES string of the molecule is C[C@H](Nc1ncnc2c1cnn2C)c1cccc2ccccc12. The molecule has 0 aliphatic heterocycles. The molecule has 5 heteroatoms. The van der Waals surface area contributed by atoms with Crippen LogP contribution in [0.5, 0.6) is 0 Å². The molecule has 0 saturated carbocycles. The second kappa shape index (κ2) is 5.35. The molecule has 2 heterocycles. The van der Waals surface area contributed by atoms with Crippen LogP contribution in [-0.2, 0) is 7.05 Å². The van der Waals surface area contributed by atoms with Crippen LogP contribution in [-0.4, -0.2) is 19.7 Å². The fourth-order valence-corrected chi connectivity index (χ4v) is 2.99. The maximum absolute atomic E-state index is 4.39. The number of aryl methyl sites for hydroxylation is 1.